The van der Waals surface area contributed by atoms with Crippen LogP contribution in [0.4, 0.5) is 4.39 Å². The van der Waals surface area contributed by atoms with Gasteiger partial charge in [0.25, 0.3) is 10.0 Å². The topological polar surface area (TPSA) is 70.4 Å². The summed E-state index contributed by atoms with van der Waals surface area (Å²) in [6.07, 6.45) is 0.600. The van der Waals surface area contributed by atoms with E-state index in [0.717, 1.165) is 22.7 Å². The summed E-state index contributed by atoms with van der Waals surface area (Å²) in [6.45, 7) is 0.562. The van der Waals surface area contributed by atoms with Gasteiger partial charge in [-0.2, -0.15) is 5.26 Å². The Morgan fingerprint density at radius 3 is 2.82 bits per heavy atom. The summed E-state index contributed by atoms with van der Waals surface area (Å²) in [5, 5.41) is 8.81. The van der Waals surface area contributed by atoms with Crippen LogP contribution in [0.15, 0.2) is 23.1 Å². The SMILES string of the molecule is N#Cc1cc(F)ccc1S(=O)(=O)N1CCCO1. The maximum Gasteiger partial charge on any atom is 0.266 e. The number of hydrogen-bond donors (Lipinski definition) is 0. The first kappa shape index (κ1) is 12.0. The Hall–Kier alpha value is -1.49. The van der Waals surface area contributed by atoms with E-state index >= 15 is 0 Å². The van der Waals surface area contributed by atoms with Crippen LogP contribution in [0.2, 0.25) is 0 Å². The van der Waals surface area contributed by atoms with Crippen molar-refractivity contribution in [2.45, 2.75) is 11.3 Å². The van der Waals surface area contributed by atoms with Gasteiger partial charge in [-0.05, 0) is 24.6 Å². The number of benzene rings is 1. The van der Waals surface area contributed by atoms with E-state index in [1.54, 1.807) is 6.07 Å². The molecule has 1 aliphatic heterocycles. The first-order valence-corrected chi connectivity index (χ1v) is 6.35. The van der Waals surface area contributed by atoms with Crippen LogP contribution in [-0.4, -0.2) is 26.0 Å². The second kappa shape index (κ2) is 4.41. The molecule has 7 heteroatoms. The highest BCUT2D eigenvalue weighted by molar-refractivity contribution is 7.89. The Labute approximate surface area is 98.0 Å². The summed E-state index contributed by atoms with van der Waals surface area (Å²) in [6, 6.07) is 4.63. The first-order chi connectivity index (χ1) is 8.05. The fourth-order valence-corrected chi connectivity index (χ4v) is 2.96. The molecule has 0 bridgehead atoms. The van der Waals surface area contributed by atoms with E-state index in [9.17, 15) is 12.8 Å². The van der Waals surface area contributed by atoms with Gasteiger partial charge in [0.05, 0.1) is 12.2 Å². The number of nitriles is 1. The third-order valence-corrected chi connectivity index (χ3v) is 4.06. The molecule has 2 rings (SSSR count). The largest absolute Gasteiger partial charge is 0.284 e. The highest BCUT2D eigenvalue weighted by Gasteiger charge is 2.30. The average molecular weight is 256 g/mol. The summed E-state index contributed by atoms with van der Waals surface area (Å²) in [4.78, 5) is 4.71. The number of hydrogen-bond acceptors (Lipinski definition) is 4. The molecule has 1 fully saturated rings. The molecule has 1 saturated heterocycles. The van der Waals surface area contributed by atoms with E-state index < -0.39 is 15.8 Å². The molecule has 90 valence electrons. The van der Waals surface area contributed by atoms with Crippen LogP contribution in [-0.2, 0) is 14.9 Å². The van der Waals surface area contributed by atoms with Gasteiger partial charge in [-0.1, -0.05) is 4.47 Å². The lowest BCUT2D eigenvalue weighted by Gasteiger charge is -2.14. The summed E-state index contributed by atoms with van der Waals surface area (Å²) < 4.78 is 37.8. The lowest BCUT2D eigenvalue weighted by molar-refractivity contribution is -0.0284. The molecule has 5 nitrogen and oxygen atoms in total. The molecule has 0 unspecified atom stereocenters. The van der Waals surface area contributed by atoms with Crippen molar-refractivity contribution < 1.29 is 17.6 Å². The fraction of sp³-hybridized carbons (Fsp3) is 0.300. The summed E-state index contributed by atoms with van der Waals surface area (Å²) >= 11 is 0. The van der Waals surface area contributed by atoms with Crippen molar-refractivity contribution >= 4 is 10.0 Å². The molecule has 1 heterocycles. The quantitative estimate of drug-likeness (QED) is 0.792. The van der Waals surface area contributed by atoms with Gasteiger partial charge in [0.15, 0.2) is 0 Å². The predicted octanol–water partition coefficient (Wildman–Crippen LogP) is 1.02. The number of sulfonamides is 1. The summed E-state index contributed by atoms with van der Waals surface area (Å²) in [5.41, 5.74) is -0.222. The monoisotopic (exact) mass is 256 g/mol. The molecule has 0 aromatic heterocycles. The van der Waals surface area contributed by atoms with E-state index in [0.29, 0.717) is 13.0 Å². The fourth-order valence-electron chi connectivity index (χ4n) is 1.54. The molecule has 1 aliphatic rings. The van der Waals surface area contributed by atoms with Crippen molar-refractivity contribution in [3.63, 3.8) is 0 Å². The molecule has 0 N–H and O–H groups in total. The lowest BCUT2D eigenvalue weighted by atomic mass is 10.2. The lowest BCUT2D eigenvalue weighted by Crippen LogP contribution is -2.27. The minimum atomic E-state index is -3.88. The van der Waals surface area contributed by atoms with Gasteiger partial charge >= 0.3 is 0 Å². The van der Waals surface area contributed by atoms with Crippen LogP contribution in [0, 0.1) is 17.1 Å². The standard InChI is InChI=1S/C10H9FN2O3S/c11-9-2-3-10(8(6-9)7-12)17(14,15)13-4-1-5-16-13/h2-3,6H,1,4-5H2. The molecule has 0 aliphatic carbocycles. The van der Waals surface area contributed by atoms with Gasteiger partial charge in [0.2, 0.25) is 0 Å². The zero-order chi connectivity index (χ0) is 12.5. The molecule has 0 atom stereocenters. The van der Waals surface area contributed by atoms with Crippen LogP contribution >= 0.6 is 0 Å². The van der Waals surface area contributed by atoms with E-state index in [1.807, 2.05) is 0 Å². The van der Waals surface area contributed by atoms with Crippen LogP contribution < -0.4 is 0 Å². The zero-order valence-electron chi connectivity index (χ0n) is 8.76. The molecule has 0 spiro atoms. The minimum absolute atomic E-state index is 0.222. The van der Waals surface area contributed by atoms with Gasteiger partial charge in [-0.15, -0.1) is 0 Å². The van der Waals surface area contributed by atoms with Crippen LogP contribution in [0.1, 0.15) is 12.0 Å². The van der Waals surface area contributed by atoms with Gasteiger partial charge < -0.3 is 0 Å². The molecule has 1 aromatic rings. The average Bonchev–Trinajstić information content (AvgIpc) is 2.82. The van der Waals surface area contributed by atoms with Gasteiger partial charge in [-0.3, -0.25) is 4.84 Å². The van der Waals surface area contributed by atoms with Gasteiger partial charge in [0, 0.05) is 6.54 Å². The van der Waals surface area contributed by atoms with E-state index in [2.05, 4.69) is 0 Å². The number of halogens is 1. The molecular formula is C10H9FN2O3S. The zero-order valence-corrected chi connectivity index (χ0v) is 9.58. The van der Waals surface area contributed by atoms with E-state index in [1.165, 1.54) is 0 Å². The number of nitrogens with zero attached hydrogens (tertiary/aromatic N) is 2. The van der Waals surface area contributed by atoms with Crippen molar-refractivity contribution in [2.75, 3.05) is 13.2 Å². The predicted molar refractivity (Wildman–Crippen MR) is 55.6 cm³/mol. The Morgan fingerprint density at radius 1 is 1.47 bits per heavy atom. The van der Waals surface area contributed by atoms with Crippen LogP contribution in [0.25, 0.3) is 0 Å². The second-order valence-corrected chi connectivity index (χ2v) is 5.27. The highest BCUT2D eigenvalue weighted by Crippen LogP contribution is 2.23. The minimum Gasteiger partial charge on any atom is -0.284 e. The first-order valence-electron chi connectivity index (χ1n) is 4.91. The van der Waals surface area contributed by atoms with Crippen molar-refractivity contribution in [3.8, 4) is 6.07 Å². The van der Waals surface area contributed by atoms with E-state index in [-0.39, 0.29) is 17.0 Å². The third-order valence-electron chi connectivity index (χ3n) is 2.33. The Morgan fingerprint density at radius 2 is 2.24 bits per heavy atom. The molecular weight excluding hydrogens is 247 g/mol. The summed E-state index contributed by atoms with van der Waals surface area (Å²) in [7, 11) is -3.88. The third kappa shape index (κ3) is 2.15. The van der Waals surface area contributed by atoms with Crippen LogP contribution in [0.5, 0.6) is 0 Å². The number of rotatable bonds is 2. The maximum atomic E-state index is 12.9. The molecule has 1 aromatic carbocycles. The molecule has 17 heavy (non-hydrogen) atoms. The van der Waals surface area contributed by atoms with Crippen molar-refractivity contribution in [3.05, 3.63) is 29.6 Å². The van der Waals surface area contributed by atoms with Gasteiger partial charge in [0.1, 0.15) is 16.8 Å². The smallest absolute Gasteiger partial charge is 0.266 e. The Balaban J connectivity index is 2.50. The second-order valence-electron chi connectivity index (χ2n) is 3.47. The van der Waals surface area contributed by atoms with Crippen LogP contribution in [0.3, 0.4) is 0 Å². The molecule has 0 radical (unpaired) electrons. The maximum absolute atomic E-state index is 12.9. The normalized spacial score (nSPS) is 16.9. The van der Waals surface area contributed by atoms with Crippen molar-refractivity contribution in [2.24, 2.45) is 0 Å². The van der Waals surface area contributed by atoms with Gasteiger partial charge in [-0.25, -0.2) is 12.8 Å². The molecule has 0 amide bonds. The Bertz CT molecular complexity index is 574. The Kier molecular flexibility index (Phi) is 3.11. The van der Waals surface area contributed by atoms with E-state index in [4.69, 9.17) is 10.1 Å². The van der Waals surface area contributed by atoms with Crippen molar-refractivity contribution in [1.82, 2.24) is 4.47 Å². The summed E-state index contributed by atoms with van der Waals surface area (Å²) in [5.74, 6) is -0.650. The highest BCUT2D eigenvalue weighted by atomic mass is 32.2. The number of hydroxylamine groups is 1. The molecule has 0 saturated carbocycles. The van der Waals surface area contributed by atoms with Crippen molar-refractivity contribution in [1.29, 1.82) is 5.26 Å².